The summed E-state index contributed by atoms with van der Waals surface area (Å²) in [5.74, 6) is 0. The van der Waals surface area contributed by atoms with Gasteiger partial charge in [0.1, 0.15) is 0 Å². The van der Waals surface area contributed by atoms with Gasteiger partial charge >= 0.3 is 0 Å². The lowest BCUT2D eigenvalue weighted by Crippen LogP contribution is -2.18. The molecule has 4 heteroatoms. The quantitative estimate of drug-likeness (QED) is 0.635. The molecule has 0 aliphatic rings. The fourth-order valence-corrected chi connectivity index (χ4v) is 2.23. The highest BCUT2D eigenvalue weighted by molar-refractivity contribution is 7.98. The van der Waals surface area contributed by atoms with Gasteiger partial charge in [-0.15, -0.1) is 11.8 Å². The Bertz CT molecular complexity index is 657. The second-order valence-electron chi connectivity index (χ2n) is 4.34. The van der Waals surface area contributed by atoms with Crippen LogP contribution in [0.25, 0.3) is 0 Å². The lowest BCUT2D eigenvalue weighted by atomic mass is 10.2. The first-order valence-electron chi connectivity index (χ1n) is 5.99. The van der Waals surface area contributed by atoms with Gasteiger partial charge in [-0.05, 0) is 49.4 Å². The topological polar surface area (TPSA) is 34.4 Å². The van der Waals surface area contributed by atoms with E-state index >= 15 is 0 Å². The maximum Gasteiger partial charge on any atom is 0.271 e. The van der Waals surface area contributed by atoms with E-state index in [1.807, 2.05) is 50.4 Å². The fraction of sp³-hybridized carbons (Fsp3) is 0.200. The van der Waals surface area contributed by atoms with Gasteiger partial charge in [0, 0.05) is 16.7 Å². The smallest absolute Gasteiger partial charge is 0.267 e. The molecule has 3 nitrogen and oxygen atoms in total. The molecule has 0 aliphatic carbocycles. The third-order valence-corrected chi connectivity index (χ3v) is 3.51. The molecule has 2 aromatic rings. The van der Waals surface area contributed by atoms with Crippen molar-refractivity contribution in [1.29, 1.82) is 0 Å². The number of nitrogens with zero attached hydrogens (tertiary/aromatic N) is 2. The van der Waals surface area contributed by atoms with Gasteiger partial charge in [-0.25, -0.2) is 4.68 Å². The summed E-state index contributed by atoms with van der Waals surface area (Å²) >= 11 is 1.70. The highest BCUT2D eigenvalue weighted by atomic mass is 32.2. The molecule has 1 aromatic carbocycles. The van der Waals surface area contributed by atoms with Crippen LogP contribution >= 0.6 is 11.8 Å². The van der Waals surface area contributed by atoms with Gasteiger partial charge in [-0.1, -0.05) is 12.1 Å². The summed E-state index contributed by atoms with van der Waals surface area (Å²) in [6.45, 7) is 3.78. The number of benzene rings is 1. The Balaban J connectivity index is 2.29. The zero-order valence-corrected chi connectivity index (χ0v) is 12.1. The van der Waals surface area contributed by atoms with Crippen molar-refractivity contribution >= 4 is 18.0 Å². The van der Waals surface area contributed by atoms with Gasteiger partial charge < -0.3 is 0 Å². The summed E-state index contributed by atoms with van der Waals surface area (Å²) in [6.07, 6.45) is 3.74. The van der Waals surface area contributed by atoms with Gasteiger partial charge in [-0.3, -0.25) is 4.79 Å². The van der Waals surface area contributed by atoms with E-state index in [1.165, 1.54) is 9.57 Å². The molecule has 1 aromatic heterocycles. The number of aromatic nitrogens is 1. The maximum atomic E-state index is 11.8. The molecular weight excluding hydrogens is 256 g/mol. The van der Waals surface area contributed by atoms with Crippen molar-refractivity contribution in [2.45, 2.75) is 18.7 Å². The minimum absolute atomic E-state index is 0.102. The summed E-state index contributed by atoms with van der Waals surface area (Å²) in [4.78, 5) is 13.0. The molecule has 0 spiro atoms. The minimum atomic E-state index is -0.102. The van der Waals surface area contributed by atoms with Crippen molar-refractivity contribution in [1.82, 2.24) is 4.68 Å². The molecule has 1 heterocycles. The molecule has 0 saturated heterocycles. The Morgan fingerprint density at radius 2 is 1.84 bits per heavy atom. The first-order chi connectivity index (χ1) is 9.10. The molecule has 98 valence electrons. The number of hydrogen-bond donors (Lipinski definition) is 0. The molecule has 0 amide bonds. The first kappa shape index (κ1) is 13.6. The third-order valence-electron chi connectivity index (χ3n) is 2.77. The molecule has 0 N–H and O–H groups in total. The van der Waals surface area contributed by atoms with Crippen LogP contribution in [0.2, 0.25) is 0 Å². The van der Waals surface area contributed by atoms with Crippen LogP contribution in [0.4, 0.5) is 0 Å². The van der Waals surface area contributed by atoms with Crippen LogP contribution in [0.15, 0.2) is 51.2 Å². The number of thioether (sulfide) groups is 1. The molecule has 19 heavy (non-hydrogen) atoms. The number of rotatable bonds is 3. The van der Waals surface area contributed by atoms with Crippen molar-refractivity contribution in [3.8, 4) is 0 Å². The normalized spacial score (nSPS) is 11.1. The number of aryl methyl sites for hydroxylation is 2. The average Bonchev–Trinajstić information content (AvgIpc) is 2.38. The Labute approximate surface area is 117 Å². The van der Waals surface area contributed by atoms with E-state index in [2.05, 4.69) is 5.10 Å². The van der Waals surface area contributed by atoms with Gasteiger partial charge in [0.15, 0.2) is 0 Å². The Hall–Kier alpha value is -1.81. The van der Waals surface area contributed by atoms with Crippen molar-refractivity contribution in [3.05, 3.63) is 63.6 Å². The second-order valence-corrected chi connectivity index (χ2v) is 5.22. The van der Waals surface area contributed by atoms with Crippen LogP contribution < -0.4 is 5.56 Å². The van der Waals surface area contributed by atoms with E-state index in [0.29, 0.717) is 0 Å². The Kier molecular flexibility index (Phi) is 4.22. The lowest BCUT2D eigenvalue weighted by Gasteiger charge is -2.04. The average molecular weight is 272 g/mol. The molecule has 0 bridgehead atoms. The van der Waals surface area contributed by atoms with Crippen molar-refractivity contribution < 1.29 is 0 Å². The van der Waals surface area contributed by atoms with Crippen LogP contribution in [0.3, 0.4) is 0 Å². The number of hydrogen-bond acceptors (Lipinski definition) is 3. The molecular formula is C15H16N2OS. The molecule has 0 unspecified atom stereocenters. The number of pyridine rings is 1. The highest BCUT2D eigenvalue weighted by Crippen LogP contribution is 2.13. The third kappa shape index (κ3) is 3.35. The summed E-state index contributed by atoms with van der Waals surface area (Å²) in [6, 6.07) is 11.6. The molecule has 0 fully saturated rings. The summed E-state index contributed by atoms with van der Waals surface area (Å²) in [7, 11) is 0. The summed E-state index contributed by atoms with van der Waals surface area (Å²) in [5.41, 5.74) is 2.67. The second kappa shape index (κ2) is 5.89. The van der Waals surface area contributed by atoms with Crippen molar-refractivity contribution in [2.75, 3.05) is 6.26 Å². The van der Waals surface area contributed by atoms with Gasteiger partial charge in [-0.2, -0.15) is 5.10 Å². The fourth-order valence-electron chi connectivity index (χ4n) is 1.82. The van der Waals surface area contributed by atoms with Crippen LogP contribution in [0.5, 0.6) is 0 Å². The monoisotopic (exact) mass is 272 g/mol. The van der Waals surface area contributed by atoms with E-state index in [-0.39, 0.29) is 5.56 Å². The van der Waals surface area contributed by atoms with Crippen molar-refractivity contribution in [3.63, 3.8) is 0 Å². The van der Waals surface area contributed by atoms with E-state index < -0.39 is 0 Å². The largest absolute Gasteiger partial charge is 0.271 e. The summed E-state index contributed by atoms with van der Waals surface area (Å²) in [5, 5.41) is 4.24. The molecule has 0 saturated carbocycles. The zero-order valence-electron chi connectivity index (χ0n) is 11.3. The first-order valence-corrected chi connectivity index (χ1v) is 7.21. The van der Waals surface area contributed by atoms with Crippen LogP contribution in [0.1, 0.15) is 16.8 Å². The molecule has 2 rings (SSSR count). The van der Waals surface area contributed by atoms with Crippen LogP contribution in [0, 0.1) is 13.8 Å². The lowest BCUT2D eigenvalue weighted by molar-refractivity contribution is 0.791. The summed E-state index contributed by atoms with van der Waals surface area (Å²) < 4.78 is 1.41. The highest BCUT2D eigenvalue weighted by Gasteiger charge is 1.99. The molecule has 0 aliphatic heterocycles. The van der Waals surface area contributed by atoms with Gasteiger partial charge in [0.05, 0.1) is 6.21 Å². The van der Waals surface area contributed by atoms with E-state index in [4.69, 9.17) is 0 Å². The predicted molar refractivity (Wildman–Crippen MR) is 81.4 cm³/mol. The van der Waals surface area contributed by atoms with E-state index in [1.54, 1.807) is 24.0 Å². The molecule has 0 radical (unpaired) electrons. The van der Waals surface area contributed by atoms with Crippen molar-refractivity contribution in [2.24, 2.45) is 5.10 Å². The van der Waals surface area contributed by atoms with Gasteiger partial charge in [0.2, 0.25) is 0 Å². The standard InChI is InChI=1S/C15H16N2OS/c1-11-8-12(2)17(15(18)9-11)16-10-13-4-6-14(19-3)7-5-13/h4-10H,1-3H3/b16-10+. The Morgan fingerprint density at radius 1 is 1.16 bits per heavy atom. The Morgan fingerprint density at radius 3 is 2.42 bits per heavy atom. The van der Waals surface area contributed by atoms with Gasteiger partial charge in [0.25, 0.3) is 5.56 Å². The minimum Gasteiger partial charge on any atom is -0.267 e. The predicted octanol–water partition coefficient (Wildman–Crippen LogP) is 3.07. The van der Waals surface area contributed by atoms with Crippen LogP contribution in [-0.4, -0.2) is 17.1 Å². The van der Waals surface area contributed by atoms with E-state index in [9.17, 15) is 4.79 Å². The maximum absolute atomic E-state index is 11.8. The molecule has 0 atom stereocenters. The van der Waals surface area contributed by atoms with E-state index in [0.717, 1.165) is 16.8 Å². The zero-order chi connectivity index (χ0) is 13.8. The van der Waals surface area contributed by atoms with Crippen LogP contribution in [-0.2, 0) is 0 Å². The SMILES string of the molecule is CSc1ccc(/C=N/n2c(C)cc(C)cc2=O)cc1.